The molecule has 18 heavy (non-hydrogen) atoms. The van der Waals surface area contributed by atoms with E-state index in [-0.39, 0.29) is 17.6 Å². The average molecular weight is 313 g/mol. The van der Waals surface area contributed by atoms with E-state index in [0.29, 0.717) is 5.92 Å². The quantitative estimate of drug-likeness (QED) is 0.910. The smallest absolute Gasteiger partial charge is 0.123 e. The Hall–Kier alpha value is -0.540. The molecule has 1 aromatic carbocycles. The summed E-state index contributed by atoms with van der Waals surface area (Å²) < 4.78 is 7.18. The zero-order chi connectivity index (χ0) is 13.5. The highest BCUT2D eigenvalue weighted by Gasteiger charge is 2.49. The average Bonchev–Trinajstić information content (AvgIpc) is 2.30. The predicted molar refractivity (Wildman–Crippen MR) is 77.1 cm³/mol. The van der Waals surface area contributed by atoms with Crippen molar-refractivity contribution in [3.05, 3.63) is 28.2 Å². The van der Waals surface area contributed by atoms with Crippen molar-refractivity contribution in [2.75, 3.05) is 0 Å². The van der Waals surface area contributed by atoms with Crippen molar-refractivity contribution in [1.82, 2.24) is 0 Å². The molecule has 0 aliphatic heterocycles. The third kappa shape index (κ3) is 2.43. The summed E-state index contributed by atoms with van der Waals surface area (Å²) in [6.07, 6.45) is 0.576. The third-order valence-electron chi connectivity index (χ3n) is 3.99. The first kappa shape index (κ1) is 13.9. The van der Waals surface area contributed by atoms with Gasteiger partial charge in [0, 0.05) is 16.3 Å². The SMILES string of the molecule is CC(C)c1cc(Br)ccc1OC1CC(O)C1(C)C. The second kappa shape index (κ2) is 4.86. The van der Waals surface area contributed by atoms with Crippen LogP contribution in [0.2, 0.25) is 0 Å². The molecule has 2 unspecified atom stereocenters. The van der Waals surface area contributed by atoms with Crippen LogP contribution in [-0.4, -0.2) is 17.3 Å². The zero-order valence-corrected chi connectivity index (χ0v) is 13.0. The van der Waals surface area contributed by atoms with Crippen LogP contribution < -0.4 is 4.74 Å². The van der Waals surface area contributed by atoms with E-state index in [4.69, 9.17) is 4.74 Å². The van der Waals surface area contributed by atoms with E-state index < -0.39 is 0 Å². The van der Waals surface area contributed by atoms with Gasteiger partial charge < -0.3 is 9.84 Å². The van der Waals surface area contributed by atoms with Crippen LogP contribution in [0.5, 0.6) is 5.75 Å². The number of benzene rings is 1. The third-order valence-corrected chi connectivity index (χ3v) is 4.48. The first-order chi connectivity index (χ1) is 8.32. The minimum Gasteiger partial charge on any atom is -0.489 e. The van der Waals surface area contributed by atoms with Gasteiger partial charge in [-0.05, 0) is 29.7 Å². The van der Waals surface area contributed by atoms with Crippen LogP contribution in [0.4, 0.5) is 0 Å². The number of aliphatic hydroxyl groups is 1. The summed E-state index contributed by atoms with van der Waals surface area (Å²) in [5.74, 6) is 1.36. The Balaban J connectivity index is 2.20. The number of aliphatic hydroxyl groups excluding tert-OH is 1. The minimum atomic E-state index is -0.250. The minimum absolute atomic E-state index is 0.103. The van der Waals surface area contributed by atoms with Gasteiger partial charge in [0.25, 0.3) is 0 Å². The largest absolute Gasteiger partial charge is 0.489 e. The van der Waals surface area contributed by atoms with E-state index in [2.05, 4.69) is 49.7 Å². The van der Waals surface area contributed by atoms with Crippen LogP contribution in [-0.2, 0) is 0 Å². The second-order valence-corrected chi connectivity index (χ2v) is 6.93. The Morgan fingerprint density at radius 3 is 2.56 bits per heavy atom. The Morgan fingerprint density at radius 1 is 1.39 bits per heavy atom. The highest BCUT2D eigenvalue weighted by molar-refractivity contribution is 9.10. The highest BCUT2D eigenvalue weighted by Crippen LogP contribution is 2.44. The lowest BCUT2D eigenvalue weighted by atomic mass is 9.66. The predicted octanol–water partition coefficient (Wildman–Crippen LogP) is 4.11. The van der Waals surface area contributed by atoms with Gasteiger partial charge in [0.1, 0.15) is 11.9 Å². The fraction of sp³-hybridized carbons (Fsp3) is 0.600. The van der Waals surface area contributed by atoms with Crippen LogP contribution in [0, 0.1) is 5.41 Å². The molecule has 0 spiro atoms. The Labute approximate surface area is 117 Å². The van der Waals surface area contributed by atoms with Gasteiger partial charge in [0.2, 0.25) is 0 Å². The van der Waals surface area contributed by atoms with Gasteiger partial charge in [0.15, 0.2) is 0 Å². The summed E-state index contributed by atoms with van der Waals surface area (Å²) >= 11 is 3.50. The molecule has 2 rings (SSSR count). The highest BCUT2D eigenvalue weighted by atomic mass is 79.9. The molecule has 0 aromatic heterocycles. The second-order valence-electron chi connectivity index (χ2n) is 6.02. The van der Waals surface area contributed by atoms with Crippen molar-refractivity contribution in [1.29, 1.82) is 0 Å². The molecule has 0 saturated heterocycles. The lowest BCUT2D eigenvalue weighted by molar-refractivity contribution is -0.134. The van der Waals surface area contributed by atoms with E-state index in [0.717, 1.165) is 16.6 Å². The summed E-state index contributed by atoms with van der Waals surface area (Å²) in [5.41, 5.74) is 1.06. The first-order valence-corrected chi connectivity index (χ1v) is 7.26. The van der Waals surface area contributed by atoms with E-state index >= 15 is 0 Å². The van der Waals surface area contributed by atoms with Crippen LogP contribution in [0.3, 0.4) is 0 Å². The number of hydrogen-bond donors (Lipinski definition) is 1. The van der Waals surface area contributed by atoms with Gasteiger partial charge >= 0.3 is 0 Å². The Bertz CT molecular complexity index is 440. The summed E-state index contributed by atoms with van der Waals surface area (Å²) in [4.78, 5) is 0. The molecule has 1 aromatic rings. The maximum Gasteiger partial charge on any atom is 0.123 e. The zero-order valence-electron chi connectivity index (χ0n) is 11.4. The van der Waals surface area contributed by atoms with E-state index in [9.17, 15) is 5.11 Å². The fourth-order valence-corrected chi connectivity index (χ4v) is 2.67. The molecule has 1 saturated carbocycles. The molecule has 0 bridgehead atoms. The maximum atomic E-state index is 9.76. The topological polar surface area (TPSA) is 29.5 Å². The van der Waals surface area contributed by atoms with Gasteiger partial charge in [-0.2, -0.15) is 0 Å². The van der Waals surface area contributed by atoms with Crippen molar-refractivity contribution in [2.45, 2.75) is 52.2 Å². The van der Waals surface area contributed by atoms with Crippen LogP contribution >= 0.6 is 15.9 Å². The monoisotopic (exact) mass is 312 g/mol. The number of rotatable bonds is 3. The molecule has 2 atom stereocenters. The Kier molecular flexibility index (Phi) is 3.75. The van der Waals surface area contributed by atoms with Crippen molar-refractivity contribution in [3.8, 4) is 5.75 Å². The maximum absolute atomic E-state index is 9.76. The summed E-state index contributed by atoms with van der Waals surface area (Å²) in [5, 5.41) is 9.76. The molecule has 2 nitrogen and oxygen atoms in total. The van der Waals surface area contributed by atoms with Crippen molar-refractivity contribution in [3.63, 3.8) is 0 Å². The molecule has 0 amide bonds. The number of hydrogen-bond acceptors (Lipinski definition) is 2. The molecule has 1 aliphatic rings. The molecule has 1 N–H and O–H groups in total. The van der Waals surface area contributed by atoms with Gasteiger partial charge in [-0.1, -0.05) is 43.6 Å². The van der Waals surface area contributed by atoms with E-state index in [1.807, 2.05) is 12.1 Å². The van der Waals surface area contributed by atoms with Gasteiger partial charge in [-0.3, -0.25) is 0 Å². The lowest BCUT2D eigenvalue weighted by Gasteiger charge is -2.48. The summed E-state index contributed by atoms with van der Waals surface area (Å²) in [6, 6.07) is 6.13. The molecule has 100 valence electrons. The normalized spacial score (nSPS) is 25.9. The molecular formula is C15H21BrO2. The van der Waals surface area contributed by atoms with E-state index in [1.54, 1.807) is 0 Å². The first-order valence-electron chi connectivity index (χ1n) is 6.46. The fourth-order valence-electron chi connectivity index (χ4n) is 2.30. The molecule has 3 heteroatoms. The molecular weight excluding hydrogens is 292 g/mol. The lowest BCUT2D eigenvalue weighted by Crippen LogP contribution is -2.56. The van der Waals surface area contributed by atoms with Gasteiger partial charge in [-0.15, -0.1) is 0 Å². The Morgan fingerprint density at radius 2 is 2.06 bits per heavy atom. The van der Waals surface area contributed by atoms with Crippen LogP contribution in [0.1, 0.15) is 45.6 Å². The van der Waals surface area contributed by atoms with Crippen molar-refractivity contribution in [2.24, 2.45) is 5.41 Å². The molecule has 0 heterocycles. The van der Waals surface area contributed by atoms with Crippen LogP contribution in [0.25, 0.3) is 0 Å². The number of ether oxygens (including phenoxy) is 1. The van der Waals surface area contributed by atoms with Crippen LogP contribution in [0.15, 0.2) is 22.7 Å². The van der Waals surface area contributed by atoms with Gasteiger partial charge in [0.05, 0.1) is 6.10 Å². The van der Waals surface area contributed by atoms with E-state index in [1.165, 1.54) is 5.56 Å². The number of halogens is 1. The molecule has 1 aliphatic carbocycles. The molecule has 0 radical (unpaired) electrons. The van der Waals surface area contributed by atoms with Gasteiger partial charge in [-0.25, -0.2) is 0 Å². The van der Waals surface area contributed by atoms with Crippen molar-refractivity contribution < 1.29 is 9.84 Å². The van der Waals surface area contributed by atoms with Crippen molar-refractivity contribution >= 4 is 15.9 Å². The summed E-state index contributed by atoms with van der Waals surface area (Å²) in [6.45, 7) is 8.43. The summed E-state index contributed by atoms with van der Waals surface area (Å²) in [7, 11) is 0. The molecule has 1 fully saturated rings. The standard InChI is InChI=1S/C15H21BrO2/c1-9(2)11-7-10(16)5-6-12(11)18-14-8-13(17)15(14,3)4/h5-7,9,13-14,17H,8H2,1-4H3.